The van der Waals surface area contributed by atoms with Crippen LogP contribution in [-0.2, 0) is 11.3 Å². The monoisotopic (exact) mass is 507 g/mol. The number of piperazine rings is 1. The van der Waals surface area contributed by atoms with Crippen LogP contribution in [0.4, 0.5) is 10.5 Å². The number of benzene rings is 4. The predicted octanol–water partition coefficient (Wildman–Crippen LogP) is 6.47. The summed E-state index contributed by atoms with van der Waals surface area (Å²) in [5.74, 6) is 0.844. The fourth-order valence-electron chi connectivity index (χ4n) is 4.66. The van der Waals surface area contributed by atoms with E-state index in [1.54, 1.807) is 4.90 Å². The van der Waals surface area contributed by atoms with Crippen molar-refractivity contribution in [3.8, 4) is 16.9 Å². The zero-order valence-corrected chi connectivity index (χ0v) is 21.4. The molecule has 0 spiro atoms. The van der Waals surface area contributed by atoms with Crippen LogP contribution in [0, 0.1) is 0 Å². The number of hydrogen-bond donors (Lipinski definition) is 1. The third-order valence-electron chi connectivity index (χ3n) is 6.68. The minimum absolute atomic E-state index is 0.0422. The molecular weight excluding hydrogens is 474 g/mol. The van der Waals surface area contributed by atoms with Crippen molar-refractivity contribution in [3.63, 3.8) is 0 Å². The zero-order valence-electron chi connectivity index (χ0n) is 21.4. The molecule has 0 aromatic heterocycles. The second-order valence-corrected chi connectivity index (χ2v) is 9.31. The van der Waals surface area contributed by atoms with Gasteiger partial charge in [0.25, 0.3) is 0 Å². The molecule has 5 rings (SSSR count). The number of hydrazine groups is 1. The molecule has 4 aromatic rings. The van der Waals surface area contributed by atoms with E-state index in [2.05, 4.69) is 52.9 Å². The molecule has 6 heteroatoms. The van der Waals surface area contributed by atoms with Crippen molar-refractivity contribution < 1.29 is 14.3 Å². The topological polar surface area (TPSA) is 54.0 Å². The minimum Gasteiger partial charge on any atom is -0.494 e. The Morgan fingerprint density at radius 1 is 0.789 bits per heavy atom. The Bertz CT molecular complexity index is 1290. The fraction of sp³-hybridized carbons (Fsp3) is 0.219. The molecular formula is C32H33N3O3. The van der Waals surface area contributed by atoms with Crippen LogP contribution >= 0.6 is 0 Å². The lowest BCUT2D eigenvalue weighted by molar-refractivity contribution is 0.0503. The summed E-state index contributed by atoms with van der Waals surface area (Å²) < 4.78 is 11.6. The van der Waals surface area contributed by atoms with Crippen molar-refractivity contribution in [1.82, 2.24) is 9.91 Å². The van der Waals surface area contributed by atoms with Crippen LogP contribution in [0.3, 0.4) is 0 Å². The second kappa shape index (κ2) is 12.8. The van der Waals surface area contributed by atoms with Crippen molar-refractivity contribution >= 4 is 11.8 Å². The maximum absolute atomic E-state index is 12.9. The van der Waals surface area contributed by atoms with Gasteiger partial charge in [-0.2, -0.15) is 0 Å². The maximum Gasteiger partial charge on any atom is 0.410 e. The molecule has 1 aliphatic rings. The van der Waals surface area contributed by atoms with E-state index in [0.29, 0.717) is 26.2 Å². The Labute approximate surface area is 224 Å². The Morgan fingerprint density at radius 2 is 1.45 bits per heavy atom. The Balaban J connectivity index is 1.27. The first-order chi connectivity index (χ1) is 18.8. The van der Waals surface area contributed by atoms with E-state index < -0.39 is 0 Å². The lowest BCUT2D eigenvalue weighted by Gasteiger charge is -2.41. The lowest BCUT2D eigenvalue weighted by Crippen LogP contribution is -2.57. The number of para-hydroxylation sites is 2. The van der Waals surface area contributed by atoms with Gasteiger partial charge in [0.15, 0.2) is 0 Å². The number of anilines is 1. The molecule has 0 aliphatic carbocycles. The van der Waals surface area contributed by atoms with Crippen LogP contribution in [-0.4, -0.2) is 48.3 Å². The fourth-order valence-corrected chi connectivity index (χ4v) is 4.66. The average Bonchev–Trinajstić information content (AvgIpc) is 2.98. The molecule has 194 valence electrons. The smallest absolute Gasteiger partial charge is 0.410 e. The van der Waals surface area contributed by atoms with Gasteiger partial charge in [0, 0.05) is 31.6 Å². The summed E-state index contributed by atoms with van der Waals surface area (Å²) >= 11 is 0. The summed E-state index contributed by atoms with van der Waals surface area (Å²) in [6, 6.07) is 38.3. The highest BCUT2D eigenvalue weighted by Gasteiger charge is 2.31. The van der Waals surface area contributed by atoms with E-state index in [9.17, 15) is 4.79 Å². The summed E-state index contributed by atoms with van der Waals surface area (Å²) in [6.07, 6.45) is 0.463. The molecule has 1 aliphatic heterocycles. The molecule has 1 amide bonds. The molecule has 6 nitrogen and oxygen atoms in total. The van der Waals surface area contributed by atoms with Crippen LogP contribution in [0.15, 0.2) is 115 Å². The van der Waals surface area contributed by atoms with Crippen LogP contribution < -0.4 is 10.2 Å². The van der Waals surface area contributed by atoms with Gasteiger partial charge in [-0.05, 0) is 29.3 Å². The van der Waals surface area contributed by atoms with Crippen molar-refractivity contribution in [2.45, 2.75) is 19.1 Å². The summed E-state index contributed by atoms with van der Waals surface area (Å²) in [5, 5.41) is 2.23. The number of carbonyl (C=O) groups excluding carboxylic acids is 1. The van der Waals surface area contributed by atoms with Crippen LogP contribution in [0.2, 0.25) is 0 Å². The number of ether oxygens (including phenoxy) is 2. The standard InChI is InChI=1S/C32H33N3O3/c36-32(38-25-26-12-4-1-5-13-26)34-21-22-35(28(24-34)20-23-37-29-16-8-3-9-17-29)33-31-19-11-10-18-30(31)27-14-6-2-7-15-27/h1-19,28,33H,20-25H2. The average molecular weight is 508 g/mol. The molecule has 0 bridgehead atoms. The van der Waals surface area contributed by atoms with Gasteiger partial charge in [-0.1, -0.05) is 97.1 Å². The predicted molar refractivity (Wildman–Crippen MR) is 151 cm³/mol. The van der Waals surface area contributed by atoms with Gasteiger partial charge in [0.2, 0.25) is 0 Å². The van der Waals surface area contributed by atoms with Gasteiger partial charge in [0.05, 0.1) is 18.3 Å². The molecule has 0 saturated carbocycles. The van der Waals surface area contributed by atoms with Gasteiger partial charge in [-0.15, -0.1) is 0 Å². The second-order valence-electron chi connectivity index (χ2n) is 9.31. The number of rotatable bonds is 9. The summed E-state index contributed by atoms with van der Waals surface area (Å²) in [7, 11) is 0. The van der Waals surface area contributed by atoms with E-state index >= 15 is 0 Å². The Hall–Kier alpha value is -4.29. The molecule has 1 atom stereocenters. The first kappa shape index (κ1) is 25.4. The van der Waals surface area contributed by atoms with Gasteiger partial charge >= 0.3 is 6.09 Å². The molecule has 1 saturated heterocycles. The number of nitrogens with one attached hydrogen (secondary N) is 1. The Kier molecular flexibility index (Phi) is 8.54. The van der Waals surface area contributed by atoms with Crippen molar-refractivity contribution in [3.05, 3.63) is 121 Å². The molecule has 1 heterocycles. The Morgan fingerprint density at radius 3 is 2.21 bits per heavy atom. The molecule has 1 fully saturated rings. The van der Waals surface area contributed by atoms with Crippen molar-refractivity contribution in [2.24, 2.45) is 0 Å². The number of carbonyl (C=O) groups is 1. The maximum atomic E-state index is 12.9. The van der Waals surface area contributed by atoms with Crippen LogP contribution in [0.25, 0.3) is 11.1 Å². The van der Waals surface area contributed by atoms with E-state index in [1.807, 2.05) is 72.8 Å². The van der Waals surface area contributed by atoms with Crippen molar-refractivity contribution in [1.29, 1.82) is 0 Å². The summed E-state index contributed by atoms with van der Waals surface area (Å²) in [4.78, 5) is 14.8. The third kappa shape index (κ3) is 6.72. The number of hydrogen-bond acceptors (Lipinski definition) is 5. The first-order valence-electron chi connectivity index (χ1n) is 13.1. The van der Waals surface area contributed by atoms with E-state index in [0.717, 1.165) is 34.5 Å². The largest absolute Gasteiger partial charge is 0.494 e. The summed E-state index contributed by atoms with van der Waals surface area (Å²) in [5.41, 5.74) is 7.97. The molecule has 0 radical (unpaired) electrons. The highest BCUT2D eigenvalue weighted by atomic mass is 16.6. The summed E-state index contributed by atoms with van der Waals surface area (Å²) in [6.45, 7) is 2.60. The van der Waals surface area contributed by atoms with Crippen LogP contribution in [0.5, 0.6) is 5.75 Å². The van der Waals surface area contributed by atoms with E-state index in [4.69, 9.17) is 9.47 Å². The molecule has 1 unspecified atom stereocenters. The molecule has 38 heavy (non-hydrogen) atoms. The highest BCUT2D eigenvalue weighted by molar-refractivity contribution is 5.77. The quantitative estimate of drug-likeness (QED) is 0.281. The van der Waals surface area contributed by atoms with Gasteiger partial charge in [0.1, 0.15) is 12.4 Å². The van der Waals surface area contributed by atoms with Gasteiger partial charge in [-0.3, -0.25) is 0 Å². The van der Waals surface area contributed by atoms with E-state index in [1.165, 1.54) is 0 Å². The zero-order chi connectivity index (χ0) is 26.0. The minimum atomic E-state index is -0.285. The van der Waals surface area contributed by atoms with Crippen LogP contribution in [0.1, 0.15) is 12.0 Å². The lowest BCUT2D eigenvalue weighted by atomic mass is 10.0. The van der Waals surface area contributed by atoms with E-state index in [-0.39, 0.29) is 18.7 Å². The number of amides is 1. The third-order valence-corrected chi connectivity index (χ3v) is 6.68. The van der Waals surface area contributed by atoms with Crippen molar-refractivity contribution in [2.75, 3.05) is 31.7 Å². The van der Waals surface area contributed by atoms with Gasteiger partial charge < -0.3 is 19.8 Å². The highest BCUT2D eigenvalue weighted by Crippen LogP contribution is 2.29. The van der Waals surface area contributed by atoms with Gasteiger partial charge in [-0.25, -0.2) is 9.80 Å². The first-order valence-corrected chi connectivity index (χ1v) is 13.1. The molecule has 4 aromatic carbocycles. The number of nitrogens with zero attached hydrogens (tertiary/aromatic N) is 2. The molecule has 1 N–H and O–H groups in total. The SMILES string of the molecule is O=C(OCc1ccccc1)N1CCN(Nc2ccccc2-c2ccccc2)C(CCOc2ccccc2)C1. The normalized spacial score (nSPS) is 15.6.